The van der Waals surface area contributed by atoms with E-state index < -0.39 is 12.4 Å². The third kappa shape index (κ3) is 4.67. The number of rotatable bonds is 4. The highest BCUT2D eigenvalue weighted by Crippen LogP contribution is 2.49. The predicted octanol–water partition coefficient (Wildman–Crippen LogP) is 5.17. The normalized spacial score (nSPS) is 51.3. The molecule has 5 heteroatoms. The first-order chi connectivity index (χ1) is 16.2. The molecule has 2 N–H and O–H groups in total. The van der Waals surface area contributed by atoms with E-state index in [4.69, 9.17) is 14.2 Å². The Morgan fingerprint density at radius 3 is 2.12 bits per heavy atom. The molecule has 5 nitrogen and oxygen atoms in total. The minimum absolute atomic E-state index is 0.103. The van der Waals surface area contributed by atoms with E-state index in [0.29, 0.717) is 18.3 Å². The lowest BCUT2D eigenvalue weighted by atomic mass is 9.65. The number of hydrogen-bond acceptors (Lipinski definition) is 5. The largest absolute Gasteiger partial charge is 0.390 e. The molecule has 6 rings (SSSR count). The van der Waals surface area contributed by atoms with Gasteiger partial charge in [0.1, 0.15) is 6.10 Å². The Morgan fingerprint density at radius 2 is 1.30 bits per heavy atom. The zero-order valence-corrected chi connectivity index (χ0v) is 20.4. The van der Waals surface area contributed by atoms with E-state index in [9.17, 15) is 10.2 Å². The maximum Gasteiger partial charge on any atom is 0.161 e. The summed E-state index contributed by atoms with van der Waals surface area (Å²) >= 11 is 0. The summed E-state index contributed by atoms with van der Waals surface area (Å²) in [6.45, 7) is 0. The summed E-state index contributed by atoms with van der Waals surface area (Å²) in [5.74, 6) is 3.73. The Hall–Kier alpha value is -0.200. The average Bonchev–Trinajstić information content (AvgIpc) is 3.28. The van der Waals surface area contributed by atoms with Crippen molar-refractivity contribution in [3.05, 3.63) is 0 Å². The highest BCUT2D eigenvalue weighted by molar-refractivity contribution is 4.96. The first-order valence-electron chi connectivity index (χ1n) is 14.5. The van der Waals surface area contributed by atoms with Gasteiger partial charge < -0.3 is 24.4 Å². The van der Waals surface area contributed by atoms with Crippen molar-refractivity contribution in [2.45, 2.75) is 140 Å². The summed E-state index contributed by atoms with van der Waals surface area (Å²) in [5.41, 5.74) is 0. The molecular formula is C28H46O5. The van der Waals surface area contributed by atoms with Gasteiger partial charge in [-0.3, -0.25) is 0 Å². The molecule has 1 saturated heterocycles. The first kappa shape index (κ1) is 23.2. The third-order valence-electron chi connectivity index (χ3n) is 10.7. The second kappa shape index (κ2) is 10.0. The van der Waals surface area contributed by atoms with Crippen LogP contribution in [-0.2, 0) is 14.2 Å². The van der Waals surface area contributed by atoms with Crippen LogP contribution in [0.4, 0.5) is 0 Å². The molecular weight excluding hydrogens is 416 g/mol. The van der Waals surface area contributed by atoms with E-state index in [2.05, 4.69) is 0 Å². The monoisotopic (exact) mass is 462 g/mol. The van der Waals surface area contributed by atoms with Crippen LogP contribution in [0.3, 0.4) is 0 Å². The molecule has 0 amide bonds. The minimum atomic E-state index is -0.705. The van der Waals surface area contributed by atoms with Gasteiger partial charge in [-0.25, -0.2) is 0 Å². The van der Waals surface area contributed by atoms with Crippen LogP contribution >= 0.6 is 0 Å². The van der Waals surface area contributed by atoms with Crippen molar-refractivity contribution in [3.8, 4) is 0 Å². The van der Waals surface area contributed by atoms with Crippen LogP contribution < -0.4 is 0 Å². The van der Waals surface area contributed by atoms with Crippen molar-refractivity contribution >= 4 is 0 Å². The fourth-order valence-corrected chi connectivity index (χ4v) is 9.09. The molecule has 188 valence electrons. The highest BCUT2D eigenvalue weighted by Gasteiger charge is 2.51. The molecule has 0 aromatic heterocycles. The van der Waals surface area contributed by atoms with Crippen molar-refractivity contribution in [2.24, 2.45) is 35.5 Å². The summed E-state index contributed by atoms with van der Waals surface area (Å²) in [6, 6.07) is 0. The Labute approximate surface area is 199 Å². The Bertz CT molecular complexity index is 652. The fraction of sp³-hybridized carbons (Fsp3) is 1.00. The minimum Gasteiger partial charge on any atom is -0.390 e. The number of aliphatic hydroxyl groups excluding tert-OH is 2. The van der Waals surface area contributed by atoms with Crippen LogP contribution in [0, 0.1) is 35.5 Å². The topological polar surface area (TPSA) is 68.2 Å². The maximum absolute atomic E-state index is 11.1. The number of hydrogen-bond donors (Lipinski definition) is 2. The van der Waals surface area contributed by atoms with Crippen molar-refractivity contribution in [3.63, 3.8) is 0 Å². The zero-order chi connectivity index (χ0) is 22.4. The summed E-state index contributed by atoms with van der Waals surface area (Å²) in [7, 11) is 0. The van der Waals surface area contributed by atoms with Crippen molar-refractivity contribution in [2.75, 3.05) is 0 Å². The van der Waals surface area contributed by atoms with E-state index >= 15 is 0 Å². The Kier molecular flexibility index (Phi) is 7.07. The van der Waals surface area contributed by atoms with E-state index in [-0.39, 0.29) is 30.5 Å². The van der Waals surface area contributed by atoms with Crippen LogP contribution in [0.2, 0.25) is 0 Å². The lowest BCUT2D eigenvalue weighted by Crippen LogP contribution is -2.48. The molecule has 8 unspecified atom stereocenters. The molecule has 5 saturated carbocycles. The quantitative estimate of drug-likeness (QED) is 0.564. The first-order valence-corrected chi connectivity index (χ1v) is 14.5. The van der Waals surface area contributed by atoms with Gasteiger partial charge in [0.05, 0.1) is 18.3 Å². The highest BCUT2D eigenvalue weighted by atomic mass is 16.7. The summed E-state index contributed by atoms with van der Waals surface area (Å²) in [6.07, 6.45) is 17.5. The van der Waals surface area contributed by atoms with Crippen LogP contribution in [0.15, 0.2) is 0 Å². The summed E-state index contributed by atoms with van der Waals surface area (Å²) < 4.78 is 19.2. The lowest BCUT2D eigenvalue weighted by Gasteiger charge is -2.44. The van der Waals surface area contributed by atoms with Gasteiger partial charge in [-0.2, -0.15) is 0 Å². The van der Waals surface area contributed by atoms with Gasteiger partial charge in [-0.15, -0.1) is 0 Å². The van der Waals surface area contributed by atoms with Gasteiger partial charge in [0.25, 0.3) is 0 Å². The molecule has 0 aromatic carbocycles. The standard InChI is InChI=1S/C28H46O5/c29-24-15-19(31-27(30)22-13-5-9-17-7-1-3-11-20(17)22)16-25-26(24)33-28(32-25)23-14-6-10-18-8-2-4-12-21(18)23/h17-30H,1-16H2/t17?,18?,19-,20?,21?,22?,23?,24+,25-,26+,27?,28?/m1/s1. The zero-order valence-electron chi connectivity index (χ0n) is 20.4. The Balaban J connectivity index is 1.07. The second-order valence-corrected chi connectivity index (χ2v) is 12.4. The van der Waals surface area contributed by atoms with Crippen LogP contribution in [0.5, 0.6) is 0 Å². The molecule has 33 heavy (non-hydrogen) atoms. The van der Waals surface area contributed by atoms with Gasteiger partial charge in [0, 0.05) is 24.7 Å². The van der Waals surface area contributed by atoms with Crippen molar-refractivity contribution in [1.29, 1.82) is 0 Å². The summed E-state index contributed by atoms with van der Waals surface area (Å²) in [4.78, 5) is 0. The van der Waals surface area contributed by atoms with Crippen LogP contribution in [-0.4, -0.2) is 47.2 Å². The molecule has 6 fully saturated rings. The van der Waals surface area contributed by atoms with Crippen LogP contribution in [0.25, 0.3) is 0 Å². The van der Waals surface area contributed by atoms with Crippen molar-refractivity contribution in [1.82, 2.24) is 0 Å². The average molecular weight is 463 g/mol. The lowest BCUT2D eigenvalue weighted by molar-refractivity contribution is -0.209. The van der Waals surface area contributed by atoms with E-state index in [1.807, 2.05) is 0 Å². The van der Waals surface area contributed by atoms with Gasteiger partial charge in [-0.1, -0.05) is 64.2 Å². The molecule has 1 aliphatic heterocycles. The molecule has 0 radical (unpaired) electrons. The van der Waals surface area contributed by atoms with E-state index in [0.717, 1.165) is 30.6 Å². The fourth-order valence-electron chi connectivity index (χ4n) is 9.09. The smallest absolute Gasteiger partial charge is 0.161 e. The van der Waals surface area contributed by atoms with E-state index in [1.54, 1.807) is 0 Å². The Morgan fingerprint density at radius 1 is 0.667 bits per heavy atom. The predicted molar refractivity (Wildman–Crippen MR) is 125 cm³/mol. The second-order valence-electron chi connectivity index (χ2n) is 12.4. The number of aliphatic hydroxyl groups is 2. The van der Waals surface area contributed by atoms with Gasteiger partial charge >= 0.3 is 0 Å². The third-order valence-corrected chi connectivity index (χ3v) is 10.7. The van der Waals surface area contributed by atoms with Gasteiger partial charge in [-0.05, 0) is 49.4 Å². The molecule has 1 heterocycles. The molecule has 6 aliphatic rings. The number of ether oxygens (including phenoxy) is 3. The molecule has 0 aromatic rings. The molecule has 5 aliphatic carbocycles. The van der Waals surface area contributed by atoms with Crippen molar-refractivity contribution < 1.29 is 24.4 Å². The van der Waals surface area contributed by atoms with E-state index in [1.165, 1.54) is 83.5 Å². The molecule has 12 atom stereocenters. The molecule has 0 spiro atoms. The maximum atomic E-state index is 11.1. The van der Waals surface area contributed by atoms with Crippen LogP contribution in [0.1, 0.15) is 103 Å². The summed E-state index contributed by atoms with van der Waals surface area (Å²) in [5, 5.41) is 22.0. The number of fused-ring (bicyclic) bond motifs is 3. The molecule has 0 bridgehead atoms. The SMILES string of the molecule is OC(O[C@@H]1C[C@H](O)[C@@H]2OC(C3CCCC4CCCCC43)O[C@@H]2C1)C1CCCC2CCCCC21. The van der Waals surface area contributed by atoms with Gasteiger partial charge in [0.15, 0.2) is 12.6 Å². The van der Waals surface area contributed by atoms with Gasteiger partial charge in [0.2, 0.25) is 0 Å².